The van der Waals surface area contributed by atoms with Crippen LogP contribution in [0, 0.1) is 19.7 Å². The summed E-state index contributed by atoms with van der Waals surface area (Å²) in [4.78, 5) is 15.0. The zero-order valence-electron chi connectivity index (χ0n) is 17.4. The summed E-state index contributed by atoms with van der Waals surface area (Å²) in [7, 11) is 1.93. The topological polar surface area (TPSA) is 43.7 Å². The fourth-order valence-corrected chi connectivity index (χ4v) is 3.84. The van der Waals surface area contributed by atoms with Gasteiger partial charge in [-0.3, -0.25) is 9.69 Å². The first-order valence-corrected chi connectivity index (χ1v) is 9.92. The van der Waals surface area contributed by atoms with Crippen LogP contribution in [-0.4, -0.2) is 35.6 Å². The molecule has 3 aromatic rings. The quantitative estimate of drug-likeness (QED) is 0.546. The maximum absolute atomic E-state index is 13.2. The molecule has 1 aliphatic heterocycles. The highest BCUT2D eigenvalue weighted by atomic mass is 19.1. The molecule has 0 amide bonds. The van der Waals surface area contributed by atoms with E-state index < -0.39 is 0 Å². The number of likely N-dealkylation sites (N-methyl/N-ethyl adjacent to an activating group) is 1. The largest absolute Gasteiger partial charge is 0.454 e. The summed E-state index contributed by atoms with van der Waals surface area (Å²) in [6.45, 7) is 5.76. The van der Waals surface area contributed by atoms with Crippen LogP contribution in [0.15, 0.2) is 48.5 Å². The van der Waals surface area contributed by atoms with E-state index in [0.717, 1.165) is 39.6 Å². The second-order valence-electron chi connectivity index (χ2n) is 7.78. The predicted octanol–water partition coefficient (Wildman–Crippen LogP) is 4.34. The minimum atomic E-state index is -0.249. The van der Waals surface area contributed by atoms with Crippen molar-refractivity contribution < 1.29 is 18.7 Å². The summed E-state index contributed by atoms with van der Waals surface area (Å²) in [5.41, 5.74) is 4.73. The minimum Gasteiger partial charge on any atom is -0.454 e. The first-order chi connectivity index (χ1) is 14.4. The van der Waals surface area contributed by atoms with Crippen molar-refractivity contribution in [2.45, 2.75) is 26.9 Å². The summed E-state index contributed by atoms with van der Waals surface area (Å²) in [5.74, 6) is 1.33. The Morgan fingerprint density at radius 3 is 2.50 bits per heavy atom. The normalized spacial score (nSPS) is 12.6. The third kappa shape index (κ3) is 4.24. The lowest BCUT2D eigenvalue weighted by Crippen LogP contribution is -2.26. The molecule has 5 nitrogen and oxygen atoms in total. The van der Waals surface area contributed by atoms with Crippen LogP contribution in [0.1, 0.15) is 32.9 Å². The lowest BCUT2D eigenvalue weighted by molar-refractivity contribution is 0.0942. The summed E-state index contributed by atoms with van der Waals surface area (Å²) in [6, 6.07) is 14.2. The molecule has 6 heteroatoms. The van der Waals surface area contributed by atoms with Crippen LogP contribution >= 0.6 is 0 Å². The van der Waals surface area contributed by atoms with E-state index in [1.165, 1.54) is 12.1 Å². The van der Waals surface area contributed by atoms with Gasteiger partial charge in [-0.1, -0.05) is 18.2 Å². The van der Waals surface area contributed by atoms with Gasteiger partial charge in [-0.15, -0.1) is 0 Å². The number of carbonyl (C=O) groups is 1. The van der Waals surface area contributed by atoms with E-state index >= 15 is 0 Å². The predicted molar refractivity (Wildman–Crippen MR) is 113 cm³/mol. The van der Waals surface area contributed by atoms with Crippen LogP contribution in [0.3, 0.4) is 0 Å². The standard InChI is InChI=1S/C24H25FN2O3/c1-16-10-21(17(2)27(16)13-18-4-7-20(25)8-5-18)22(28)14-26(3)12-19-6-9-23-24(11-19)30-15-29-23/h4-11H,12-15H2,1-3H3. The Morgan fingerprint density at radius 2 is 1.73 bits per heavy atom. The Balaban J connectivity index is 1.43. The molecule has 4 rings (SSSR count). The van der Waals surface area contributed by atoms with E-state index in [1.807, 2.05) is 50.1 Å². The Bertz CT molecular complexity index is 1070. The number of carbonyl (C=O) groups excluding carboxylic acids is 1. The van der Waals surface area contributed by atoms with Gasteiger partial charge < -0.3 is 14.0 Å². The van der Waals surface area contributed by atoms with Crippen LogP contribution in [0.5, 0.6) is 11.5 Å². The fraction of sp³-hybridized carbons (Fsp3) is 0.292. The molecule has 0 aliphatic carbocycles. The monoisotopic (exact) mass is 408 g/mol. The molecule has 1 aromatic heterocycles. The number of benzene rings is 2. The van der Waals surface area contributed by atoms with Crippen molar-refractivity contribution >= 4 is 5.78 Å². The molecule has 0 unspecified atom stereocenters. The first kappa shape index (κ1) is 20.2. The number of nitrogens with zero attached hydrogens (tertiary/aromatic N) is 2. The molecule has 0 fully saturated rings. The van der Waals surface area contributed by atoms with Gasteiger partial charge in [0.15, 0.2) is 17.3 Å². The van der Waals surface area contributed by atoms with Crippen LogP contribution < -0.4 is 9.47 Å². The summed E-state index contributed by atoms with van der Waals surface area (Å²) in [6.07, 6.45) is 0. The Labute approximate surface area is 175 Å². The van der Waals surface area contributed by atoms with Crippen LogP contribution in [-0.2, 0) is 13.1 Å². The number of aromatic nitrogens is 1. The SMILES string of the molecule is Cc1cc(C(=O)CN(C)Cc2ccc3c(c2)OCO3)c(C)n1Cc1ccc(F)cc1. The maximum Gasteiger partial charge on any atom is 0.231 e. The van der Waals surface area contributed by atoms with E-state index in [1.54, 1.807) is 12.1 Å². The highest BCUT2D eigenvalue weighted by molar-refractivity contribution is 5.99. The van der Waals surface area contributed by atoms with Gasteiger partial charge in [0.05, 0.1) is 6.54 Å². The van der Waals surface area contributed by atoms with E-state index in [9.17, 15) is 9.18 Å². The van der Waals surface area contributed by atoms with Crippen molar-refractivity contribution in [1.82, 2.24) is 9.47 Å². The molecule has 0 radical (unpaired) electrons. The third-order valence-corrected chi connectivity index (χ3v) is 5.43. The molecule has 30 heavy (non-hydrogen) atoms. The lowest BCUT2D eigenvalue weighted by atomic mass is 10.1. The smallest absolute Gasteiger partial charge is 0.231 e. The second-order valence-corrected chi connectivity index (χ2v) is 7.78. The van der Waals surface area contributed by atoms with Crippen LogP contribution in [0.2, 0.25) is 0 Å². The summed E-state index contributed by atoms with van der Waals surface area (Å²) < 4.78 is 26.0. The molecule has 0 N–H and O–H groups in total. The van der Waals surface area contributed by atoms with E-state index in [-0.39, 0.29) is 18.4 Å². The minimum absolute atomic E-state index is 0.0803. The Hall–Kier alpha value is -3.12. The number of ether oxygens (including phenoxy) is 2. The Kier molecular flexibility index (Phi) is 5.59. The highest BCUT2D eigenvalue weighted by Crippen LogP contribution is 2.32. The van der Waals surface area contributed by atoms with Crippen molar-refractivity contribution in [3.05, 3.63) is 82.4 Å². The molecule has 0 saturated carbocycles. The summed E-state index contributed by atoms with van der Waals surface area (Å²) >= 11 is 0. The van der Waals surface area contributed by atoms with Gasteiger partial charge in [0.1, 0.15) is 5.82 Å². The zero-order chi connectivity index (χ0) is 21.3. The number of rotatable bonds is 7. The van der Waals surface area contributed by atoms with Crippen molar-refractivity contribution in [2.75, 3.05) is 20.4 Å². The van der Waals surface area contributed by atoms with Gasteiger partial charge in [0, 0.05) is 30.0 Å². The maximum atomic E-state index is 13.2. The molecule has 0 spiro atoms. The number of halogens is 1. The Morgan fingerprint density at radius 1 is 1.03 bits per heavy atom. The molecule has 0 bridgehead atoms. The third-order valence-electron chi connectivity index (χ3n) is 5.43. The molecule has 0 atom stereocenters. The van der Waals surface area contributed by atoms with Gasteiger partial charge >= 0.3 is 0 Å². The number of fused-ring (bicyclic) bond motifs is 1. The number of hydrogen-bond acceptors (Lipinski definition) is 4. The van der Waals surface area contributed by atoms with Crippen molar-refractivity contribution in [3.8, 4) is 11.5 Å². The van der Waals surface area contributed by atoms with E-state index in [2.05, 4.69) is 4.57 Å². The molecule has 1 aliphatic rings. The summed E-state index contributed by atoms with van der Waals surface area (Å²) in [5, 5.41) is 0. The highest BCUT2D eigenvalue weighted by Gasteiger charge is 2.18. The van der Waals surface area contributed by atoms with Crippen molar-refractivity contribution in [3.63, 3.8) is 0 Å². The number of aryl methyl sites for hydroxylation is 1. The molecular weight excluding hydrogens is 383 g/mol. The van der Waals surface area contributed by atoms with Gasteiger partial charge in [-0.2, -0.15) is 0 Å². The number of Topliss-reactive ketones (excluding diaryl/α,β-unsaturated/α-hetero) is 1. The van der Waals surface area contributed by atoms with Crippen LogP contribution in [0.25, 0.3) is 0 Å². The molecular formula is C24H25FN2O3. The lowest BCUT2D eigenvalue weighted by Gasteiger charge is -2.16. The first-order valence-electron chi connectivity index (χ1n) is 9.92. The van der Waals surface area contributed by atoms with Crippen molar-refractivity contribution in [2.24, 2.45) is 0 Å². The molecule has 156 valence electrons. The number of ketones is 1. The molecule has 0 saturated heterocycles. The van der Waals surface area contributed by atoms with E-state index in [4.69, 9.17) is 9.47 Å². The van der Waals surface area contributed by atoms with Gasteiger partial charge in [0.2, 0.25) is 6.79 Å². The van der Waals surface area contributed by atoms with Gasteiger partial charge in [-0.05, 0) is 62.4 Å². The molecule has 2 heterocycles. The number of hydrogen-bond donors (Lipinski definition) is 0. The van der Waals surface area contributed by atoms with Crippen LogP contribution in [0.4, 0.5) is 4.39 Å². The van der Waals surface area contributed by atoms with Gasteiger partial charge in [0.25, 0.3) is 0 Å². The fourth-order valence-electron chi connectivity index (χ4n) is 3.84. The average Bonchev–Trinajstić information content (AvgIpc) is 3.28. The van der Waals surface area contributed by atoms with Gasteiger partial charge in [-0.25, -0.2) is 4.39 Å². The van der Waals surface area contributed by atoms with E-state index in [0.29, 0.717) is 19.6 Å². The molecule has 2 aromatic carbocycles. The average molecular weight is 408 g/mol. The zero-order valence-corrected chi connectivity index (χ0v) is 17.4. The van der Waals surface area contributed by atoms with Crippen molar-refractivity contribution in [1.29, 1.82) is 0 Å². The second kappa shape index (κ2) is 8.32.